The zero-order chi connectivity index (χ0) is 16.8. The number of hydrogen-bond donors (Lipinski definition) is 1. The molecule has 0 unspecified atom stereocenters. The van der Waals surface area contributed by atoms with Crippen LogP contribution in [0.1, 0.15) is 38.1 Å². The summed E-state index contributed by atoms with van der Waals surface area (Å²) in [5, 5.41) is 2.73. The molecule has 0 heterocycles. The predicted octanol–water partition coefficient (Wildman–Crippen LogP) is 2.63. The molecule has 0 saturated heterocycles. The summed E-state index contributed by atoms with van der Waals surface area (Å²) in [6.07, 6.45) is 0. The largest absolute Gasteiger partial charge is 0.493 e. The van der Waals surface area contributed by atoms with Crippen molar-refractivity contribution in [3.63, 3.8) is 0 Å². The molecule has 122 valence electrons. The summed E-state index contributed by atoms with van der Waals surface area (Å²) in [6, 6.07) is 4.81. The number of nitrogens with one attached hydrogen (secondary N) is 1. The molecule has 0 bridgehead atoms. The fourth-order valence-corrected chi connectivity index (χ4v) is 1.87. The van der Waals surface area contributed by atoms with E-state index in [0.717, 1.165) is 0 Å². The van der Waals surface area contributed by atoms with Crippen LogP contribution in [0.5, 0.6) is 5.75 Å². The minimum Gasteiger partial charge on any atom is -0.493 e. The van der Waals surface area contributed by atoms with Crippen molar-refractivity contribution in [2.24, 2.45) is 0 Å². The first-order valence-electron chi connectivity index (χ1n) is 7.16. The van der Waals surface area contributed by atoms with Gasteiger partial charge < -0.3 is 19.5 Å². The number of amides is 1. The van der Waals surface area contributed by atoms with Crippen LogP contribution in [0.25, 0.3) is 0 Å². The maximum atomic E-state index is 12.2. The molecular formula is C16H23NO5. The maximum absolute atomic E-state index is 12.2. The smallest absolute Gasteiger partial charge is 0.341 e. The summed E-state index contributed by atoms with van der Waals surface area (Å²) in [6.45, 7) is 7.86. The molecule has 0 fully saturated rings. The Morgan fingerprint density at radius 3 is 2.41 bits per heavy atom. The van der Waals surface area contributed by atoms with E-state index in [2.05, 4.69) is 5.32 Å². The number of rotatable bonds is 7. The molecule has 1 aromatic carbocycles. The molecule has 0 spiro atoms. The van der Waals surface area contributed by atoms with Crippen LogP contribution >= 0.6 is 0 Å². The van der Waals surface area contributed by atoms with Crippen molar-refractivity contribution in [3.05, 3.63) is 23.8 Å². The van der Waals surface area contributed by atoms with Crippen LogP contribution in [0.15, 0.2) is 18.2 Å². The van der Waals surface area contributed by atoms with Crippen LogP contribution in [0, 0.1) is 0 Å². The lowest BCUT2D eigenvalue weighted by atomic mass is 10.1. The molecule has 1 amide bonds. The third-order valence-corrected chi connectivity index (χ3v) is 2.99. The van der Waals surface area contributed by atoms with Gasteiger partial charge >= 0.3 is 5.97 Å². The third kappa shape index (κ3) is 4.46. The van der Waals surface area contributed by atoms with E-state index >= 15 is 0 Å². The van der Waals surface area contributed by atoms with Gasteiger partial charge in [-0.1, -0.05) is 0 Å². The Hall–Kier alpha value is -2.08. The molecule has 0 radical (unpaired) electrons. The fourth-order valence-electron chi connectivity index (χ4n) is 1.87. The number of hydrogen-bond acceptors (Lipinski definition) is 5. The normalized spacial score (nSPS) is 11.0. The van der Waals surface area contributed by atoms with Gasteiger partial charge in [-0.2, -0.15) is 0 Å². The minimum absolute atomic E-state index is 0.261. The number of ether oxygens (including phenoxy) is 3. The van der Waals surface area contributed by atoms with E-state index < -0.39 is 11.6 Å². The van der Waals surface area contributed by atoms with Crippen molar-refractivity contribution >= 4 is 17.6 Å². The monoisotopic (exact) mass is 309 g/mol. The van der Waals surface area contributed by atoms with Crippen LogP contribution in [0.4, 0.5) is 5.69 Å². The van der Waals surface area contributed by atoms with Gasteiger partial charge in [-0.15, -0.1) is 0 Å². The Labute approximate surface area is 130 Å². The van der Waals surface area contributed by atoms with Gasteiger partial charge in [0.1, 0.15) is 16.9 Å². The van der Waals surface area contributed by atoms with Crippen molar-refractivity contribution < 1.29 is 23.8 Å². The Kier molecular flexibility index (Phi) is 6.37. The van der Waals surface area contributed by atoms with Gasteiger partial charge in [0.2, 0.25) is 0 Å². The lowest BCUT2D eigenvalue weighted by Crippen LogP contribution is -2.39. The number of esters is 1. The summed E-state index contributed by atoms with van der Waals surface area (Å²) in [4.78, 5) is 24.0. The van der Waals surface area contributed by atoms with Gasteiger partial charge in [-0.05, 0) is 45.9 Å². The highest BCUT2D eigenvalue weighted by atomic mass is 16.5. The molecule has 6 nitrogen and oxygen atoms in total. The molecule has 0 atom stereocenters. The van der Waals surface area contributed by atoms with Gasteiger partial charge in [-0.3, -0.25) is 4.79 Å². The van der Waals surface area contributed by atoms with Crippen LogP contribution in [0.2, 0.25) is 0 Å². The number of benzene rings is 1. The van der Waals surface area contributed by atoms with E-state index in [1.165, 1.54) is 13.2 Å². The number of carbonyl (C=O) groups is 2. The van der Waals surface area contributed by atoms with Crippen LogP contribution in [-0.2, 0) is 14.3 Å². The molecule has 22 heavy (non-hydrogen) atoms. The van der Waals surface area contributed by atoms with Crippen molar-refractivity contribution in [1.82, 2.24) is 0 Å². The molecule has 6 heteroatoms. The van der Waals surface area contributed by atoms with Crippen LogP contribution < -0.4 is 10.1 Å². The molecule has 1 N–H and O–H groups in total. The molecule has 0 saturated carbocycles. The van der Waals surface area contributed by atoms with Gasteiger partial charge in [0.05, 0.1) is 13.7 Å². The highest BCUT2D eigenvalue weighted by Crippen LogP contribution is 2.24. The Morgan fingerprint density at radius 2 is 1.86 bits per heavy atom. The van der Waals surface area contributed by atoms with Crippen LogP contribution in [-0.4, -0.2) is 37.8 Å². The number of carbonyl (C=O) groups excluding carboxylic acids is 2. The second-order valence-corrected chi connectivity index (χ2v) is 5.03. The van der Waals surface area contributed by atoms with Gasteiger partial charge in [0.15, 0.2) is 0 Å². The van der Waals surface area contributed by atoms with Crippen molar-refractivity contribution in [2.45, 2.75) is 33.3 Å². The van der Waals surface area contributed by atoms with Crippen molar-refractivity contribution in [3.8, 4) is 5.75 Å². The second-order valence-electron chi connectivity index (χ2n) is 5.03. The van der Waals surface area contributed by atoms with Crippen molar-refractivity contribution in [2.75, 3.05) is 25.6 Å². The maximum Gasteiger partial charge on any atom is 0.341 e. The Bertz CT molecular complexity index is 539. The van der Waals surface area contributed by atoms with E-state index in [4.69, 9.17) is 14.2 Å². The third-order valence-electron chi connectivity index (χ3n) is 2.99. The Balaban J connectivity index is 3.02. The summed E-state index contributed by atoms with van der Waals surface area (Å²) in [7, 11) is 1.29. The Morgan fingerprint density at radius 1 is 1.18 bits per heavy atom. The average molecular weight is 309 g/mol. The summed E-state index contributed by atoms with van der Waals surface area (Å²) in [5.74, 6) is -0.408. The van der Waals surface area contributed by atoms with Gasteiger partial charge in [-0.25, -0.2) is 4.79 Å². The molecular weight excluding hydrogens is 286 g/mol. The molecule has 0 aliphatic heterocycles. The predicted molar refractivity (Wildman–Crippen MR) is 83.3 cm³/mol. The second kappa shape index (κ2) is 7.79. The fraction of sp³-hybridized carbons (Fsp3) is 0.500. The standard InChI is InChI=1S/C16H23NO5/c1-6-21-13-9-8-11(10-12(13)14(18)20-5)17-15(19)16(3,4)22-7-2/h8-10H,6-7H2,1-5H3,(H,17,19). The zero-order valence-electron chi connectivity index (χ0n) is 13.7. The lowest BCUT2D eigenvalue weighted by Gasteiger charge is -2.23. The molecule has 0 aliphatic carbocycles. The van der Waals surface area contributed by atoms with E-state index in [1.807, 2.05) is 13.8 Å². The quantitative estimate of drug-likeness (QED) is 0.784. The highest BCUT2D eigenvalue weighted by molar-refractivity contribution is 5.99. The van der Waals surface area contributed by atoms with Gasteiger partial charge in [0.25, 0.3) is 5.91 Å². The van der Waals surface area contributed by atoms with E-state index in [9.17, 15) is 9.59 Å². The van der Waals surface area contributed by atoms with E-state index in [0.29, 0.717) is 24.7 Å². The number of methoxy groups -OCH3 is 1. The van der Waals surface area contributed by atoms with E-state index in [-0.39, 0.29) is 11.5 Å². The van der Waals surface area contributed by atoms with E-state index in [1.54, 1.807) is 26.0 Å². The first-order valence-corrected chi connectivity index (χ1v) is 7.16. The minimum atomic E-state index is -0.960. The number of anilines is 1. The summed E-state index contributed by atoms with van der Waals surface area (Å²) in [5.41, 5.74) is -0.225. The molecule has 1 rings (SSSR count). The summed E-state index contributed by atoms with van der Waals surface area (Å²) >= 11 is 0. The van der Waals surface area contributed by atoms with Gasteiger partial charge in [0, 0.05) is 12.3 Å². The molecule has 0 aliphatic rings. The molecule has 0 aromatic heterocycles. The highest BCUT2D eigenvalue weighted by Gasteiger charge is 2.28. The first kappa shape index (κ1) is 18.0. The zero-order valence-corrected chi connectivity index (χ0v) is 13.7. The summed E-state index contributed by atoms with van der Waals surface area (Å²) < 4.78 is 15.5. The average Bonchev–Trinajstić information content (AvgIpc) is 2.48. The van der Waals surface area contributed by atoms with Crippen LogP contribution in [0.3, 0.4) is 0 Å². The topological polar surface area (TPSA) is 73.9 Å². The SMILES string of the molecule is CCOc1ccc(NC(=O)C(C)(C)OCC)cc1C(=O)OC. The first-order chi connectivity index (χ1) is 10.4. The van der Waals surface area contributed by atoms with Crippen molar-refractivity contribution in [1.29, 1.82) is 0 Å². The molecule has 1 aromatic rings. The lowest BCUT2D eigenvalue weighted by molar-refractivity contribution is -0.136.